The van der Waals surface area contributed by atoms with Crippen molar-refractivity contribution < 1.29 is 9.90 Å². The standard InChI is InChI=1S/C16H21ClN2O2S/c17-13-5-1-2-6-14(13)19-8-3-4-12(10-19)18-15(20)16(21)7-9-22-11-16/h1-2,5-6,12,21H,3-4,7-11H2,(H,18,20). The SMILES string of the molecule is O=C(NC1CCCN(c2ccccc2Cl)C1)C1(O)CCSC1. The molecule has 0 saturated carbocycles. The summed E-state index contributed by atoms with van der Waals surface area (Å²) in [6.45, 7) is 1.68. The molecule has 0 bridgehead atoms. The highest BCUT2D eigenvalue weighted by Gasteiger charge is 2.40. The number of hydrogen-bond donors (Lipinski definition) is 2. The molecule has 2 fully saturated rings. The van der Waals surface area contributed by atoms with Crippen LogP contribution in [0.25, 0.3) is 0 Å². The van der Waals surface area contributed by atoms with E-state index >= 15 is 0 Å². The Labute approximate surface area is 140 Å². The first-order valence-electron chi connectivity index (χ1n) is 7.69. The molecule has 2 atom stereocenters. The highest BCUT2D eigenvalue weighted by Crippen LogP contribution is 2.30. The van der Waals surface area contributed by atoms with E-state index in [0.29, 0.717) is 12.2 Å². The average molecular weight is 341 g/mol. The number of nitrogens with zero attached hydrogens (tertiary/aromatic N) is 1. The fraction of sp³-hybridized carbons (Fsp3) is 0.562. The molecule has 2 saturated heterocycles. The van der Waals surface area contributed by atoms with Crippen LogP contribution in [0.4, 0.5) is 5.69 Å². The number of piperidine rings is 1. The van der Waals surface area contributed by atoms with E-state index in [2.05, 4.69) is 10.2 Å². The van der Waals surface area contributed by atoms with Crippen molar-refractivity contribution >= 4 is 35.0 Å². The minimum atomic E-state index is -1.18. The van der Waals surface area contributed by atoms with Crippen molar-refractivity contribution in [2.75, 3.05) is 29.5 Å². The number of thioether (sulfide) groups is 1. The Bertz CT molecular complexity index is 549. The average Bonchev–Trinajstić information content (AvgIpc) is 2.96. The monoisotopic (exact) mass is 340 g/mol. The summed E-state index contributed by atoms with van der Waals surface area (Å²) >= 11 is 7.90. The van der Waals surface area contributed by atoms with Gasteiger partial charge < -0.3 is 15.3 Å². The molecule has 2 aliphatic heterocycles. The molecule has 1 amide bonds. The van der Waals surface area contributed by atoms with Crippen molar-refractivity contribution in [1.82, 2.24) is 5.32 Å². The molecule has 2 N–H and O–H groups in total. The fourth-order valence-electron chi connectivity index (χ4n) is 3.07. The predicted octanol–water partition coefficient (Wildman–Crippen LogP) is 2.29. The molecule has 0 aliphatic carbocycles. The van der Waals surface area contributed by atoms with Crippen molar-refractivity contribution in [2.24, 2.45) is 0 Å². The largest absolute Gasteiger partial charge is 0.379 e. The Morgan fingerprint density at radius 3 is 3.00 bits per heavy atom. The Kier molecular flexibility index (Phi) is 4.85. The molecule has 0 radical (unpaired) electrons. The smallest absolute Gasteiger partial charge is 0.253 e. The van der Waals surface area contributed by atoms with Gasteiger partial charge in [0.25, 0.3) is 5.91 Å². The summed E-state index contributed by atoms with van der Waals surface area (Å²) in [7, 11) is 0. The van der Waals surface area contributed by atoms with E-state index in [1.807, 2.05) is 24.3 Å². The van der Waals surface area contributed by atoms with E-state index in [-0.39, 0.29) is 11.9 Å². The quantitative estimate of drug-likeness (QED) is 0.886. The number of halogens is 1. The van der Waals surface area contributed by atoms with Gasteiger partial charge in [-0.1, -0.05) is 23.7 Å². The van der Waals surface area contributed by atoms with Gasteiger partial charge in [-0.05, 0) is 37.1 Å². The Balaban J connectivity index is 1.64. The number of nitrogens with one attached hydrogen (secondary N) is 1. The van der Waals surface area contributed by atoms with E-state index in [0.717, 1.165) is 42.4 Å². The maximum atomic E-state index is 12.3. The zero-order valence-electron chi connectivity index (χ0n) is 12.4. The number of carbonyl (C=O) groups is 1. The molecule has 6 heteroatoms. The lowest BCUT2D eigenvalue weighted by Crippen LogP contribution is -2.54. The van der Waals surface area contributed by atoms with Crippen molar-refractivity contribution in [3.63, 3.8) is 0 Å². The lowest BCUT2D eigenvalue weighted by atomic mass is 10.00. The molecule has 0 aromatic heterocycles. The maximum absolute atomic E-state index is 12.3. The molecule has 2 unspecified atom stereocenters. The number of para-hydroxylation sites is 1. The van der Waals surface area contributed by atoms with E-state index < -0.39 is 5.60 Å². The van der Waals surface area contributed by atoms with Crippen molar-refractivity contribution in [2.45, 2.75) is 30.9 Å². The zero-order valence-corrected chi connectivity index (χ0v) is 14.0. The molecular weight excluding hydrogens is 320 g/mol. The van der Waals surface area contributed by atoms with Crippen LogP contribution in [-0.2, 0) is 4.79 Å². The number of aliphatic hydroxyl groups is 1. The van der Waals surface area contributed by atoms with Gasteiger partial charge in [-0.25, -0.2) is 0 Å². The lowest BCUT2D eigenvalue weighted by molar-refractivity contribution is -0.138. The number of hydrogen-bond acceptors (Lipinski definition) is 4. The molecule has 3 rings (SSSR count). The summed E-state index contributed by atoms with van der Waals surface area (Å²) in [4.78, 5) is 14.5. The minimum Gasteiger partial charge on any atom is -0.379 e. The molecule has 1 aromatic carbocycles. The minimum absolute atomic E-state index is 0.0622. The molecule has 0 spiro atoms. The lowest BCUT2D eigenvalue weighted by Gasteiger charge is -2.36. The molecule has 22 heavy (non-hydrogen) atoms. The summed E-state index contributed by atoms with van der Waals surface area (Å²) in [5.74, 6) is 1.13. The number of anilines is 1. The highest BCUT2D eigenvalue weighted by molar-refractivity contribution is 7.99. The number of benzene rings is 1. The van der Waals surface area contributed by atoms with Crippen LogP contribution in [0, 0.1) is 0 Å². The zero-order chi connectivity index (χ0) is 15.6. The first-order chi connectivity index (χ1) is 10.6. The normalized spacial score (nSPS) is 28.6. The highest BCUT2D eigenvalue weighted by atomic mass is 35.5. The van der Waals surface area contributed by atoms with Crippen LogP contribution in [0.1, 0.15) is 19.3 Å². The van der Waals surface area contributed by atoms with Gasteiger partial charge in [-0.3, -0.25) is 4.79 Å². The van der Waals surface area contributed by atoms with Gasteiger partial charge in [-0.2, -0.15) is 11.8 Å². The second-order valence-corrected chi connectivity index (χ2v) is 7.56. The molecule has 120 valence electrons. The van der Waals surface area contributed by atoms with Crippen molar-refractivity contribution in [3.05, 3.63) is 29.3 Å². The topological polar surface area (TPSA) is 52.6 Å². The number of amides is 1. The van der Waals surface area contributed by atoms with Crippen LogP contribution in [0.3, 0.4) is 0 Å². The Morgan fingerprint density at radius 2 is 2.27 bits per heavy atom. The first-order valence-corrected chi connectivity index (χ1v) is 9.22. The summed E-state index contributed by atoms with van der Waals surface area (Å²) in [5, 5.41) is 14.1. The van der Waals surface area contributed by atoms with Crippen molar-refractivity contribution in [1.29, 1.82) is 0 Å². The van der Waals surface area contributed by atoms with E-state index in [1.54, 1.807) is 11.8 Å². The third-order valence-electron chi connectivity index (χ3n) is 4.37. The molecular formula is C16H21ClN2O2S. The summed E-state index contributed by atoms with van der Waals surface area (Å²) in [6, 6.07) is 7.85. The Hall–Kier alpha value is -0.910. The third-order valence-corrected chi connectivity index (χ3v) is 5.87. The van der Waals surface area contributed by atoms with Gasteiger partial charge in [0, 0.05) is 24.9 Å². The fourth-order valence-corrected chi connectivity index (χ4v) is 4.57. The molecule has 2 heterocycles. The molecule has 1 aromatic rings. The van der Waals surface area contributed by atoms with Gasteiger partial charge in [0.15, 0.2) is 5.60 Å². The van der Waals surface area contributed by atoms with Crippen LogP contribution in [0.15, 0.2) is 24.3 Å². The second kappa shape index (κ2) is 6.69. The van der Waals surface area contributed by atoms with Gasteiger partial charge in [0.05, 0.1) is 10.7 Å². The maximum Gasteiger partial charge on any atom is 0.253 e. The van der Waals surface area contributed by atoms with Gasteiger partial charge in [0.1, 0.15) is 0 Å². The first kappa shape index (κ1) is 16.0. The van der Waals surface area contributed by atoms with E-state index in [1.165, 1.54) is 0 Å². The summed E-state index contributed by atoms with van der Waals surface area (Å²) in [6.07, 6.45) is 2.49. The van der Waals surface area contributed by atoms with Crippen LogP contribution in [-0.4, -0.2) is 47.3 Å². The number of rotatable bonds is 3. The van der Waals surface area contributed by atoms with Crippen LogP contribution < -0.4 is 10.2 Å². The predicted molar refractivity (Wildman–Crippen MR) is 91.7 cm³/mol. The van der Waals surface area contributed by atoms with Crippen LogP contribution in [0.5, 0.6) is 0 Å². The molecule has 2 aliphatic rings. The second-order valence-electron chi connectivity index (χ2n) is 6.04. The van der Waals surface area contributed by atoms with E-state index in [4.69, 9.17) is 11.6 Å². The molecule has 4 nitrogen and oxygen atoms in total. The van der Waals surface area contributed by atoms with Crippen LogP contribution in [0.2, 0.25) is 5.02 Å². The van der Waals surface area contributed by atoms with Gasteiger partial charge in [-0.15, -0.1) is 0 Å². The Morgan fingerprint density at radius 1 is 1.45 bits per heavy atom. The van der Waals surface area contributed by atoms with Gasteiger partial charge >= 0.3 is 0 Å². The van der Waals surface area contributed by atoms with Crippen molar-refractivity contribution in [3.8, 4) is 0 Å². The van der Waals surface area contributed by atoms with Crippen LogP contribution >= 0.6 is 23.4 Å². The summed E-state index contributed by atoms with van der Waals surface area (Å²) < 4.78 is 0. The number of carbonyl (C=O) groups excluding carboxylic acids is 1. The summed E-state index contributed by atoms with van der Waals surface area (Å²) in [5.41, 5.74) is -0.171. The van der Waals surface area contributed by atoms with E-state index in [9.17, 15) is 9.90 Å². The third kappa shape index (κ3) is 3.36. The van der Waals surface area contributed by atoms with Gasteiger partial charge in [0.2, 0.25) is 0 Å².